The molecule has 0 aliphatic heterocycles. The van der Waals surface area contributed by atoms with Crippen molar-refractivity contribution in [1.82, 2.24) is 0 Å². The van der Waals surface area contributed by atoms with Crippen LogP contribution in [0.25, 0.3) is 0 Å². The fourth-order valence-electron chi connectivity index (χ4n) is 1.61. The highest BCUT2D eigenvalue weighted by atomic mass is 35.5. The van der Waals surface area contributed by atoms with E-state index in [1.807, 2.05) is 20.8 Å². The molecule has 1 rings (SSSR count). The van der Waals surface area contributed by atoms with E-state index >= 15 is 0 Å². The lowest BCUT2D eigenvalue weighted by Gasteiger charge is -2.16. The summed E-state index contributed by atoms with van der Waals surface area (Å²) in [5.74, 6) is 1.48. The van der Waals surface area contributed by atoms with E-state index in [0.29, 0.717) is 12.5 Å². The molecule has 90 valence electrons. The van der Waals surface area contributed by atoms with Gasteiger partial charge in [-0.3, -0.25) is 0 Å². The molecule has 1 aromatic carbocycles. The molecule has 0 aliphatic carbocycles. The average Bonchev–Trinajstić information content (AvgIpc) is 2.27. The summed E-state index contributed by atoms with van der Waals surface area (Å²) in [6, 6.07) is 4.12. The predicted octanol–water partition coefficient (Wildman–Crippen LogP) is 3.46. The summed E-state index contributed by atoms with van der Waals surface area (Å²) >= 11 is 5.81. The number of rotatable bonds is 5. The summed E-state index contributed by atoms with van der Waals surface area (Å²) in [6.07, 6.45) is 0.103. The van der Waals surface area contributed by atoms with Crippen molar-refractivity contribution in [3.63, 3.8) is 0 Å². The van der Waals surface area contributed by atoms with E-state index in [4.69, 9.17) is 21.1 Å². The third kappa shape index (κ3) is 3.39. The molecule has 0 fully saturated rings. The first kappa shape index (κ1) is 13.3. The van der Waals surface area contributed by atoms with Gasteiger partial charge in [-0.25, -0.2) is 0 Å². The second-order valence-electron chi connectivity index (χ2n) is 4.05. The van der Waals surface area contributed by atoms with Gasteiger partial charge in [0.05, 0.1) is 6.10 Å². The fourth-order valence-corrected chi connectivity index (χ4v) is 1.77. The zero-order chi connectivity index (χ0) is 12.1. The number of aryl methyl sites for hydroxylation is 2. The van der Waals surface area contributed by atoms with Crippen molar-refractivity contribution in [2.45, 2.75) is 32.8 Å². The minimum atomic E-state index is 0.103. The van der Waals surface area contributed by atoms with E-state index in [1.54, 1.807) is 7.11 Å². The van der Waals surface area contributed by atoms with Crippen LogP contribution in [0.2, 0.25) is 0 Å². The number of ether oxygens (including phenoxy) is 2. The zero-order valence-corrected chi connectivity index (χ0v) is 11.1. The number of hydrogen-bond donors (Lipinski definition) is 0. The molecule has 1 atom stereocenters. The monoisotopic (exact) mass is 242 g/mol. The molecule has 0 saturated heterocycles. The Morgan fingerprint density at radius 3 is 2.25 bits per heavy atom. The Labute approximate surface area is 103 Å². The van der Waals surface area contributed by atoms with E-state index < -0.39 is 0 Å². The van der Waals surface area contributed by atoms with Gasteiger partial charge in [-0.1, -0.05) is 12.1 Å². The van der Waals surface area contributed by atoms with Crippen LogP contribution in [0, 0.1) is 13.8 Å². The van der Waals surface area contributed by atoms with Crippen LogP contribution in [0.1, 0.15) is 23.6 Å². The van der Waals surface area contributed by atoms with Crippen LogP contribution >= 0.6 is 11.6 Å². The molecule has 0 N–H and O–H groups in total. The molecule has 0 spiro atoms. The van der Waals surface area contributed by atoms with E-state index in [2.05, 4.69) is 12.1 Å². The molecule has 0 saturated carbocycles. The molecular formula is C13H19ClO2. The normalized spacial score (nSPS) is 12.6. The van der Waals surface area contributed by atoms with Crippen molar-refractivity contribution in [2.75, 3.05) is 13.7 Å². The van der Waals surface area contributed by atoms with Gasteiger partial charge in [0.25, 0.3) is 0 Å². The smallest absolute Gasteiger partial charge is 0.125 e. The van der Waals surface area contributed by atoms with Crippen molar-refractivity contribution in [3.8, 4) is 5.75 Å². The molecule has 0 aliphatic rings. The van der Waals surface area contributed by atoms with Crippen LogP contribution in [0.4, 0.5) is 0 Å². The van der Waals surface area contributed by atoms with Gasteiger partial charge in [-0.05, 0) is 37.5 Å². The molecule has 0 aromatic heterocycles. The highest BCUT2D eigenvalue weighted by Gasteiger charge is 2.08. The topological polar surface area (TPSA) is 18.5 Å². The maximum absolute atomic E-state index is 5.81. The standard InChI is InChI=1S/C13H19ClO2/c1-9-5-12(7-14)6-10(2)13(9)16-8-11(3)15-4/h5-6,11H,7-8H2,1-4H3. The van der Waals surface area contributed by atoms with E-state index in [9.17, 15) is 0 Å². The largest absolute Gasteiger partial charge is 0.490 e. The molecule has 0 amide bonds. The van der Waals surface area contributed by atoms with Crippen LogP contribution in [0.3, 0.4) is 0 Å². The van der Waals surface area contributed by atoms with Crippen LogP contribution < -0.4 is 4.74 Å². The van der Waals surface area contributed by atoms with Gasteiger partial charge in [0.15, 0.2) is 0 Å². The maximum Gasteiger partial charge on any atom is 0.125 e. The molecule has 0 radical (unpaired) electrons. The Balaban J connectivity index is 2.80. The third-order valence-electron chi connectivity index (χ3n) is 2.54. The summed E-state index contributed by atoms with van der Waals surface area (Å²) in [5.41, 5.74) is 3.38. The summed E-state index contributed by atoms with van der Waals surface area (Å²) in [4.78, 5) is 0. The lowest BCUT2D eigenvalue weighted by atomic mass is 10.1. The van der Waals surface area contributed by atoms with Crippen LogP contribution in [-0.4, -0.2) is 19.8 Å². The van der Waals surface area contributed by atoms with E-state index in [0.717, 1.165) is 22.4 Å². The summed E-state index contributed by atoms with van der Waals surface area (Å²) < 4.78 is 10.9. The van der Waals surface area contributed by atoms with Gasteiger partial charge >= 0.3 is 0 Å². The molecule has 0 heterocycles. The summed E-state index contributed by atoms with van der Waals surface area (Å²) in [6.45, 7) is 6.63. The minimum Gasteiger partial charge on any atom is -0.490 e. The Hall–Kier alpha value is -0.730. The van der Waals surface area contributed by atoms with Crippen molar-refractivity contribution >= 4 is 11.6 Å². The SMILES string of the molecule is COC(C)COc1c(C)cc(CCl)cc1C. The zero-order valence-electron chi connectivity index (χ0n) is 10.3. The lowest BCUT2D eigenvalue weighted by Crippen LogP contribution is -2.16. The van der Waals surface area contributed by atoms with Crippen molar-refractivity contribution in [3.05, 3.63) is 28.8 Å². The number of alkyl halides is 1. The van der Waals surface area contributed by atoms with Crippen LogP contribution in [0.15, 0.2) is 12.1 Å². The van der Waals surface area contributed by atoms with Gasteiger partial charge < -0.3 is 9.47 Å². The van der Waals surface area contributed by atoms with Crippen molar-refractivity contribution in [2.24, 2.45) is 0 Å². The van der Waals surface area contributed by atoms with Crippen molar-refractivity contribution in [1.29, 1.82) is 0 Å². The molecule has 16 heavy (non-hydrogen) atoms. The van der Waals surface area contributed by atoms with Gasteiger partial charge in [-0.2, -0.15) is 0 Å². The van der Waals surface area contributed by atoms with Crippen molar-refractivity contribution < 1.29 is 9.47 Å². The Morgan fingerprint density at radius 2 is 1.81 bits per heavy atom. The average molecular weight is 243 g/mol. The first-order valence-corrected chi connectivity index (χ1v) is 5.93. The van der Waals surface area contributed by atoms with Crippen LogP contribution in [-0.2, 0) is 10.6 Å². The minimum absolute atomic E-state index is 0.103. The Bertz CT molecular complexity index is 327. The molecular weight excluding hydrogens is 224 g/mol. The second-order valence-corrected chi connectivity index (χ2v) is 4.32. The highest BCUT2D eigenvalue weighted by Crippen LogP contribution is 2.25. The molecule has 3 heteroatoms. The first-order chi connectivity index (χ1) is 7.58. The molecule has 0 bridgehead atoms. The number of halogens is 1. The second kappa shape index (κ2) is 6.12. The highest BCUT2D eigenvalue weighted by molar-refractivity contribution is 6.17. The van der Waals surface area contributed by atoms with E-state index in [1.165, 1.54) is 0 Å². The van der Waals surface area contributed by atoms with E-state index in [-0.39, 0.29) is 6.10 Å². The fraction of sp³-hybridized carbons (Fsp3) is 0.538. The molecule has 2 nitrogen and oxygen atoms in total. The van der Waals surface area contributed by atoms with Gasteiger partial charge in [-0.15, -0.1) is 11.6 Å². The molecule has 1 unspecified atom stereocenters. The predicted molar refractivity (Wildman–Crippen MR) is 67.4 cm³/mol. The summed E-state index contributed by atoms with van der Waals surface area (Å²) in [7, 11) is 1.68. The molecule has 1 aromatic rings. The maximum atomic E-state index is 5.81. The number of methoxy groups -OCH3 is 1. The van der Waals surface area contributed by atoms with Gasteiger partial charge in [0, 0.05) is 13.0 Å². The first-order valence-electron chi connectivity index (χ1n) is 5.40. The summed E-state index contributed by atoms with van der Waals surface area (Å²) in [5, 5.41) is 0. The lowest BCUT2D eigenvalue weighted by molar-refractivity contribution is 0.0711. The van der Waals surface area contributed by atoms with Crippen LogP contribution in [0.5, 0.6) is 5.75 Å². The van der Waals surface area contributed by atoms with Gasteiger partial charge in [0.2, 0.25) is 0 Å². The Kier molecular flexibility index (Phi) is 5.10. The Morgan fingerprint density at radius 1 is 1.25 bits per heavy atom. The number of hydrogen-bond acceptors (Lipinski definition) is 2. The number of benzene rings is 1. The third-order valence-corrected chi connectivity index (χ3v) is 2.85. The van der Waals surface area contributed by atoms with Gasteiger partial charge in [0.1, 0.15) is 12.4 Å². The quantitative estimate of drug-likeness (QED) is 0.737.